The molecule has 5 nitrogen and oxygen atoms in total. The Morgan fingerprint density at radius 2 is 2.05 bits per heavy atom. The van der Waals surface area contributed by atoms with Crippen LogP contribution in [-0.4, -0.2) is 37.0 Å². The normalized spacial score (nSPS) is 23.2. The van der Waals surface area contributed by atoms with Crippen molar-refractivity contribution in [3.05, 3.63) is 0 Å². The van der Waals surface area contributed by atoms with Crippen LogP contribution >= 0.6 is 0 Å². The summed E-state index contributed by atoms with van der Waals surface area (Å²) in [6.07, 6.45) is 3.22. The first-order valence-electron chi connectivity index (χ1n) is 7.28. The van der Waals surface area contributed by atoms with Gasteiger partial charge in [0, 0.05) is 31.5 Å². The second-order valence-corrected chi connectivity index (χ2v) is 5.71. The first kappa shape index (κ1) is 16.0. The molecule has 5 heteroatoms. The molecule has 0 aromatic heterocycles. The van der Waals surface area contributed by atoms with Crippen molar-refractivity contribution in [3.63, 3.8) is 0 Å². The molecule has 2 atom stereocenters. The molecular weight excluding hydrogens is 242 g/mol. The van der Waals surface area contributed by atoms with E-state index < -0.39 is 0 Å². The van der Waals surface area contributed by atoms with Crippen molar-refractivity contribution in [1.82, 2.24) is 16.0 Å². The molecule has 1 fully saturated rings. The Hall–Kier alpha value is -1.10. The van der Waals surface area contributed by atoms with Gasteiger partial charge in [-0.2, -0.15) is 0 Å². The number of piperidine rings is 1. The molecule has 0 saturated carbocycles. The van der Waals surface area contributed by atoms with E-state index in [1.54, 1.807) is 0 Å². The van der Waals surface area contributed by atoms with Crippen LogP contribution < -0.4 is 16.0 Å². The zero-order valence-corrected chi connectivity index (χ0v) is 12.3. The summed E-state index contributed by atoms with van der Waals surface area (Å²) < 4.78 is 0. The molecule has 0 bridgehead atoms. The molecule has 0 spiro atoms. The molecule has 19 heavy (non-hydrogen) atoms. The maximum absolute atomic E-state index is 11.8. The summed E-state index contributed by atoms with van der Waals surface area (Å²) in [4.78, 5) is 23.2. The number of nitrogens with one attached hydrogen (secondary N) is 3. The molecule has 1 aliphatic heterocycles. The Kier molecular flexibility index (Phi) is 6.84. The van der Waals surface area contributed by atoms with E-state index in [0.29, 0.717) is 25.3 Å². The van der Waals surface area contributed by atoms with E-state index in [2.05, 4.69) is 22.9 Å². The summed E-state index contributed by atoms with van der Waals surface area (Å²) >= 11 is 0. The van der Waals surface area contributed by atoms with E-state index in [0.717, 1.165) is 6.54 Å². The number of rotatable bonds is 6. The highest BCUT2D eigenvalue weighted by molar-refractivity contribution is 5.79. The monoisotopic (exact) mass is 269 g/mol. The van der Waals surface area contributed by atoms with Crippen molar-refractivity contribution in [2.45, 2.75) is 58.5 Å². The summed E-state index contributed by atoms with van der Waals surface area (Å²) in [7, 11) is 0. The molecule has 110 valence electrons. The zero-order chi connectivity index (χ0) is 14.3. The van der Waals surface area contributed by atoms with Gasteiger partial charge in [-0.15, -0.1) is 0 Å². The Morgan fingerprint density at radius 3 is 2.68 bits per heavy atom. The maximum atomic E-state index is 11.8. The third-order valence-electron chi connectivity index (χ3n) is 3.46. The third-order valence-corrected chi connectivity index (χ3v) is 3.46. The van der Waals surface area contributed by atoms with E-state index in [1.165, 1.54) is 12.8 Å². The van der Waals surface area contributed by atoms with Crippen molar-refractivity contribution in [1.29, 1.82) is 0 Å². The van der Waals surface area contributed by atoms with Crippen molar-refractivity contribution < 1.29 is 9.59 Å². The molecule has 0 aliphatic carbocycles. The van der Waals surface area contributed by atoms with Crippen LogP contribution in [0.25, 0.3) is 0 Å². The zero-order valence-electron chi connectivity index (χ0n) is 12.3. The van der Waals surface area contributed by atoms with E-state index in [4.69, 9.17) is 0 Å². The Morgan fingerprint density at radius 1 is 1.32 bits per heavy atom. The lowest BCUT2D eigenvalue weighted by Crippen LogP contribution is -2.44. The van der Waals surface area contributed by atoms with Crippen LogP contribution in [0.1, 0.15) is 46.5 Å². The summed E-state index contributed by atoms with van der Waals surface area (Å²) in [5.41, 5.74) is 0. The van der Waals surface area contributed by atoms with Crippen molar-refractivity contribution in [3.8, 4) is 0 Å². The predicted molar refractivity (Wildman–Crippen MR) is 75.7 cm³/mol. The van der Waals surface area contributed by atoms with E-state index in [9.17, 15) is 9.59 Å². The van der Waals surface area contributed by atoms with Crippen LogP contribution in [0, 0.1) is 5.92 Å². The third kappa shape index (κ3) is 6.57. The van der Waals surface area contributed by atoms with Crippen LogP contribution in [-0.2, 0) is 9.59 Å². The van der Waals surface area contributed by atoms with Crippen LogP contribution in [0.5, 0.6) is 0 Å². The summed E-state index contributed by atoms with van der Waals surface area (Å²) in [6, 6.07) is 0.425. The Labute approximate surface area is 115 Å². The van der Waals surface area contributed by atoms with Crippen LogP contribution in [0.15, 0.2) is 0 Å². The second kappa shape index (κ2) is 8.15. The van der Waals surface area contributed by atoms with Crippen molar-refractivity contribution in [2.24, 2.45) is 5.92 Å². The minimum absolute atomic E-state index is 0.0144. The van der Waals surface area contributed by atoms with Gasteiger partial charge in [-0.3, -0.25) is 9.59 Å². The minimum Gasteiger partial charge on any atom is -0.356 e. The molecule has 0 aromatic carbocycles. The Balaban J connectivity index is 2.15. The fraction of sp³-hybridized carbons (Fsp3) is 0.857. The van der Waals surface area contributed by atoms with Gasteiger partial charge < -0.3 is 16.0 Å². The number of carbonyl (C=O) groups excluding carboxylic acids is 2. The fourth-order valence-corrected chi connectivity index (χ4v) is 2.37. The molecule has 3 N–H and O–H groups in total. The molecular formula is C14H27N3O2. The Bertz CT molecular complexity index is 305. The highest BCUT2D eigenvalue weighted by Crippen LogP contribution is 2.17. The lowest BCUT2D eigenvalue weighted by Gasteiger charge is -2.29. The van der Waals surface area contributed by atoms with E-state index in [1.807, 2.05) is 13.8 Å². The summed E-state index contributed by atoms with van der Waals surface area (Å²) in [6.45, 7) is 7.44. The SMILES string of the molecule is CC(C)NC(=O)CCNC(=O)CC1NCCCC1C. The van der Waals surface area contributed by atoms with Crippen molar-refractivity contribution in [2.75, 3.05) is 13.1 Å². The van der Waals surface area contributed by atoms with Gasteiger partial charge in [-0.1, -0.05) is 6.92 Å². The fourth-order valence-electron chi connectivity index (χ4n) is 2.37. The highest BCUT2D eigenvalue weighted by atomic mass is 16.2. The number of hydrogen-bond donors (Lipinski definition) is 3. The average molecular weight is 269 g/mol. The molecule has 1 aliphatic rings. The molecule has 2 amide bonds. The van der Waals surface area contributed by atoms with Gasteiger partial charge in [0.25, 0.3) is 0 Å². The quantitative estimate of drug-likeness (QED) is 0.668. The standard InChI is InChI=1S/C14H27N3O2/c1-10(2)17-13(18)6-8-16-14(19)9-12-11(3)5-4-7-15-12/h10-12,15H,4-9H2,1-3H3,(H,16,19)(H,17,18). The topological polar surface area (TPSA) is 70.2 Å². The number of hydrogen-bond acceptors (Lipinski definition) is 3. The first-order chi connectivity index (χ1) is 8.99. The van der Waals surface area contributed by atoms with Crippen LogP contribution in [0.2, 0.25) is 0 Å². The maximum Gasteiger partial charge on any atom is 0.221 e. The second-order valence-electron chi connectivity index (χ2n) is 5.71. The number of amides is 2. The molecule has 1 heterocycles. The largest absolute Gasteiger partial charge is 0.356 e. The van der Waals surface area contributed by atoms with Crippen LogP contribution in [0.3, 0.4) is 0 Å². The van der Waals surface area contributed by atoms with Gasteiger partial charge in [0.05, 0.1) is 0 Å². The number of carbonyl (C=O) groups is 2. The van der Waals surface area contributed by atoms with Gasteiger partial charge >= 0.3 is 0 Å². The summed E-state index contributed by atoms with van der Waals surface area (Å²) in [5, 5.41) is 9.00. The van der Waals surface area contributed by atoms with Crippen molar-refractivity contribution >= 4 is 11.8 Å². The van der Waals surface area contributed by atoms with Gasteiger partial charge in [0.2, 0.25) is 11.8 Å². The lowest BCUT2D eigenvalue weighted by atomic mass is 9.90. The predicted octanol–water partition coefficient (Wildman–Crippen LogP) is 0.796. The molecule has 0 radical (unpaired) electrons. The molecule has 1 saturated heterocycles. The molecule has 0 aromatic rings. The molecule has 2 unspecified atom stereocenters. The van der Waals surface area contributed by atoms with Gasteiger partial charge in [-0.25, -0.2) is 0 Å². The summed E-state index contributed by atoms with van der Waals surface area (Å²) in [5.74, 6) is 0.562. The van der Waals surface area contributed by atoms with Gasteiger partial charge in [0.15, 0.2) is 0 Å². The van der Waals surface area contributed by atoms with Crippen LogP contribution in [0.4, 0.5) is 0 Å². The van der Waals surface area contributed by atoms with Gasteiger partial charge in [-0.05, 0) is 39.2 Å². The highest BCUT2D eigenvalue weighted by Gasteiger charge is 2.22. The van der Waals surface area contributed by atoms with E-state index >= 15 is 0 Å². The van der Waals surface area contributed by atoms with E-state index in [-0.39, 0.29) is 23.9 Å². The molecule has 1 rings (SSSR count). The minimum atomic E-state index is -0.0144. The lowest BCUT2D eigenvalue weighted by molar-refractivity contribution is -0.123. The van der Waals surface area contributed by atoms with Gasteiger partial charge in [0.1, 0.15) is 0 Å². The smallest absolute Gasteiger partial charge is 0.221 e. The first-order valence-corrected chi connectivity index (χ1v) is 7.28. The average Bonchev–Trinajstić information content (AvgIpc) is 2.31.